The van der Waals surface area contributed by atoms with Crippen molar-refractivity contribution in [3.8, 4) is 0 Å². The van der Waals surface area contributed by atoms with Gasteiger partial charge < -0.3 is 15.3 Å². The van der Waals surface area contributed by atoms with E-state index in [4.69, 9.17) is 5.11 Å². The molecule has 1 saturated heterocycles. The second-order valence-electron chi connectivity index (χ2n) is 4.51. The maximum atomic E-state index is 11.8. The van der Waals surface area contributed by atoms with Crippen LogP contribution in [-0.2, 0) is 4.79 Å². The highest BCUT2D eigenvalue weighted by Crippen LogP contribution is 2.30. The van der Waals surface area contributed by atoms with Crippen LogP contribution in [0.1, 0.15) is 16.8 Å². The number of carbonyl (C=O) groups excluding carboxylic acids is 1. The second kappa shape index (κ2) is 5.16. The van der Waals surface area contributed by atoms with Crippen molar-refractivity contribution in [1.29, 1.82) is 0 Å². The third-order valence-electron chi connectivity index (χ3n) is 3.22. The van der Waals surface area contributed by atoms with Crippen molar-refractivity contribution in [2.45, 2.75) is 12.5 Å². The Morgan fingerprint density at radius 2 is 2.25 bits per heavy atom. The van der Waals surface area contributed by atoms with Gasteiger partial charge in [-0.2, -0.15) is 0 Å². The van der Waals surface area contributed by atoms with Gasteiger partial charge in [0, 0.05) is 19.7 Å². The Kier molecular flexibility index (Phi) is 3.55. The molecule has 0 saturated carbocycles. The Bertz CT molecular complexity index is 554. The third kappa shape index (κ3) is 2.40. The summed E-state index contributed by atoms with van der Waals surface area (Å²) in [4.78, 5) is 34.8. The van der Waals surface area contributed by atoms with Crippen molar-refractivity contribution >= 4 is 23.3 Å². The molecule has 1 atom stereocenters. The molecule has 1 heterocycles. The van der Waals surface area contributed by atoms with Gasteiger partial charge in [0.15, 0.2) is 0 Å². The number of para-hydroxylation sites is 1. The molecule has 2 rings (SSSR count). The number of anilines is 1. The minimum Gasteiger partial charge on any atom is -0.478 e. The van der Waals surface area contributed by atoms with Crippen molar-refractivity contribution in [1.82, 2.24) is 4.90 Å². The first-order valence-corrected chi connectivity index (χ1v) is 5.94. The van der Waals surface area contributed by atoms with E-state index >= 15 is 0 Å². The first-order valence-electron chi connectivity index (χ1n) is 5.94. The van der Waals surface area contributed by atoms with Gasteiger partial charge in [0.2, 0.25) is 5.91 Å². The molecule has 20 heavy (non-hydrogen) atoms. The van der Waals surface area contributed by atoms with E-state index in [2.05, 4.69) is 5.32 Å². The van der Waals surface area contributed by atoms with Gasteiger partial charge in [-0.15, -0.1) is 0 Å². The number of carbonyl (C=O) groups is 2. The van der Waals surface area contributed by atoms with E-state index in [-0.39, 0.29) is 22.8 Å². The molecule has 1 fully saturated rings. The molecule has 0 spiro atoms. The fourth-order valence-corrected chi connectivity index (χ4v) is 2.15. The Labute approximate surface area is 114 Å². The lowest BCUT2D eigenvalue weighted by atomic mass is 10.1. The van der Waals surface area contributed by atoms with Gasteiger partial charge in [0.25, 0.3) is 5.69 Å². The summed E-state index contributed by atoms with van der Waals surface area (Å²) in [5.41, 5.74) is -0.701. The van der Waals surface area contributed by atoms with Crippen LogP contribution in [0.25, 0.3) is 0 Å². The molecule has 1 unspecified atom stereocenters. The summed E-state index contributed by atoms with van der Waals surface area (Å²) >= 11 is 0. The van der Waals surface area contributed by atoms with E-state index in [0.717, 1.165) is 0 Å². The fourth-order valence-electron chi connectivity index (χ4n) is 2.15. The molecule has 1 aromatic rings. The zero-order valence-corrected chi connectivity index (χ0v) is 10.7. The summed E-state index contributed by atoms with van der Waals surface area (Å²) in [5.74, 6) is -1.49. The Hall–Kier alpha value is -2.64. The number of hydrogen-bond donors (Lipinski definition) is 2. The highest BCUT2D eigenvalue weighted by atomic mass is 16.6. The molecule has 1 aliphatic rings. The average Bonchev–Trinajstić information content (AvgIpc) is 2.70. The number of nitro groups is 1. The summed E-state index contributed by atoms with van der Waals surface area (Å²) in [6, 6.07) is 3.13. The van der Waals surface area contributed by atoms with Crippen LogP contribution < -0.4 is 5.32 Å². The first kappa shape index (κ1) is 13.8. The van der Waals surface area contributed by atoms with Crippen LogP contribution in [0.2, 0.25) is 0 Å². The summed E-state index contributed by atoms with van der Waals surface area (Å²) in [7, 11) is 1.63. The lowest BCUT2D eigenvalue weighted by Gasteiger charge is -2.15. The number of likely N-dealkylation sites (tertiary alicyclic amines) is 1. The molecule has 0 aliphatic carbocycles. The normalized spacial score (nSPS) is 18.1. The number of hydrogen-bond acceptors (Lipinski definition) is 5. The number of benzene rings is 1. The van der Waals surface area contributed by atoms with Crippen molar-refractivity contribution in [2.24, 2.45) is 0 Å². The number of amides is 1. The predicted molar refractivity (Wildman–Crippen MR) is 69.7 cm³/mol. The van der Waals surface area contributed by atoms with Gasteiger partial charge in [-0.1, -0.05) is 6.07 Å². The summed E-state index contributed by atoms with van der Waals surface area (Å²) < 4.78 is 0. The number of nitrogens with one attached hydrogen (secondary N) is 1. The van der Waals surface area contributed by atoms with Crippen molar-refractivity contribution in [3.05, 3.63) is 33.9 Å². The van der Waals surface area contributed by atoms with Gasteiger partial charge in [0.1, 0.15) is 11.7 Å². The summed E-state index contributed by atoms with van der Waals surface area (Å²) in [5, 5.41) is 22.8. The molecule has 0 bridgehead atoms. The van der Waals surface area contributed by atoms with Crippen molar-refractivity contribution < 1.29 is 19.6 Å². The van der Waals surface area contributed by atoms with Gasteiger partial charge in [-0.25, -0.2) is 4.79 Å². The van der Waals surface area contributed by atoms with Crippen LogP contribution in [0.5, 0.6) is 0 Å². The van der Waals surface area contributed by atoms with Crippen molar-refractivity contribution in [2.75, 3.05) is 18.9 Å². The van der Waals surface area contributed by atoms with Crippen LogP contribution in [0.3, 0.4) is 0 Å². The monoisotopic (exact) mass is 279 g/mol. The number of nitrogens with zero attached hydrogens (tertiary/aromatic N) is 2. The number of carboxylic acid groups (broad SMARTS) is 1. The number of nitro benzene ring substituents is 1. The topological polar surface area (TPSA) is 113 Å². The Morgan fingerprint density at radius 3 is 2.75 bits per heavy atom. The van der Waals surface area contributed by atoms with E-state index in [0.29, 0.717) is 13.0 Å². The quantitative estimate of drug-likeness (QED) is 0.626. The largest absolute Gasteiger partial charge is 0.478 e. The standard InChI is InChI=1S/C12H13N3O5/c1-14-6-5-8(11(14)16)13-10-7(12(17)18)3-2-4-9(10)15(19)20/h2-4,8,13H,5-6H2,1H3,(H,17,18). The molecular weight excluding hydrogens is 266 g/mol. The smallest absolute Gasteiger partial charge is 0.338 e. The summed E-state index contributed by atoms with van der Waals surface area (Å²) in [6.45, 7) is 0.527. The molecule has 8 nitrogen and oxygen atoms in total. The lowest BCUT2D eigenvalue weighted by Crippen LogP contribution is -2.31. The molecule has 0 aromatic heterocycles. The zero-order valence-electron chi connectivity index (χ0n) is 10.7. The average molecular weight is 279 g/mol. The van der Waals surface area contributed by atoms with Crippen LogP contribution >= 0.6 is 0 Å². The molecule has 106 valence electrons. The molecule has 1 amide bonds. The van der Waals surface area contributed by atoms with Crippen LogP contribution in [0, 0.1) is 10.1 Å². The lowest BCUT2D eigenvalue weighted by molar-refractivity contribution is -0.384. The van der Waals surface area contributed by atoms with Gasteiger partial charge in [-0.05, 0) is 12.5 Å². The molecular formula is C12H13N3O5. The molecule has 0 radical (unpaired) electrons. The first-order chi connectivity index (χ1) is 9.41. The molecule has 1 aromatic carbocycles. The minimum atomic E-state index is -1.28. The highest BCUT2D eigenvalue weighted by molar-refractivity contribution is 5.98. The predicted octanol–water partition coefficient (Wildman–Crippen LogP) is 0.936. The second-order valence-corrected chi connectivity index (χ2v) is 4.51. The molecule has 8 heteroatoms. The summed E-state index contributed by atoms with van der Waals surface area (Å²) in [6.07, 6.45) is 0.473. The maximum absolute atomic E-state index is 11.8. The van der Waals surface area contributed by atoms with Crippen molar-refractivity contribution in [3.63, 3.8) is 0 Å². The van der Waals surface area contributed by atoms with E-state index in [1.807, 2.05) is 0 Å². The van der Waals surface area contributed by atoms with E-state index in [1.165, 1.54) is 23.1 Å². The number of likely N-dealkylation sites (N-methyl/N-ethyl adjacent to an activating group) is 1. The third-order valence-corrected chi connectivity index (χ3v) is 3.22. The van der Waals surface area contributed by atoms with Crippen LogP contribution in [-0.4, -0.2) is 46.4 Å². The maximum Gasteiger partial charge on any atom is 0.338 e. The van der Waals surface area contributed by atoms with E-state index in [1.54, 1.807) is 7.05 Å². The van der Waals surface area contributed by atoms with Crippen LogP contribution in [0.4, 0.5) is 11.4 Å². The van der Waals surface area contributed by atoms with Gasteiger partial charge in [0.05, 0.1) is 10.5 Å². The minimum absolute atomic E-state index is 0.126. The van der Waals surface area contributed by atoms with Gasteiger partial charge >= 0.3 is 5.97 Å². The SMILES string of the molecule is CN1CCC(Nc2c(C(=O)O)cccc2[N+](=O)[O-])C1=O. The Balaban J connectivity index is 2.41. The fraction of sp³-hybridized carbons (Fsp3) is 0.333. The van der Waals surface area contributed by atoms with E-state index < -0.39 is 16.9 Å². The zero-order chi connectivity index (χ0) is 14.9. The Morgan fingerprint density at radius 1 is 1.55 bits per heavy atom. The molecule has 1 aliphatic heterocycles. The number of aromatic carboxylic acids is 1. The van der Waals surface area contributed by atoms with E-state index in [9.17, 15) is 19.7 Å². The van der Waals surface area contributed by atoms with Gasteiger partial charge in [-0.3, -0.25) is 14.9 Å². The van der Waals surface area contributed by atoms with Crippen LogP contribution in [0.15, 0.2) is 18.2 Å². The highest BCUT2D eigenvalue weighted by Gasteiger charge is 2.32. The molecule has 2 N–H and O–H groups in total. The number of rotatable bonds is 4. The number of carboxylic acids is 1.